The molecule has 0 aliphatic rings. The van der Waals surface area contributed by atoms with Crippen molar-refractivity contribution >= 4 is 5.91 Å². The summed E-state index contributed by atoms with van der Waals surface area (Å²) in [5, 5.41) is 2.39. The minimum absolute atomic E-state index is 0.0274. The summed E-state index contributed by atoms with van der Waals surface area (Å²) in [5.74, 6) is -1.00. The maximum Gasteiger partial charge on any atom is 0.256 e. The Hall–Kier alpha value is -1.42. The van der Waals surface area contributed by atoms with Crippen molar-refractivity contribution in [2.24, 2.45) is 0 Å². The Morgan fingerprint density at radius 3 is 2.85 bits per heavy atom. The number of methoxy groups -OCH3 is 1. The maximum atomic E-state index is 13.0. The van der Waals surface area contributed by atoms with Crippen LogP contribution in [0.15, 0.2) is 24.3 Å². The van der Waals surface area contributed by atoms with Gasteiger partial charge < -0.3 is 10.1 Å². The van der Waals surface area contributed by atoms with Crippen LogP contribution in [0.25, 0.3) is 0 Å². The van der Waals surface area contributed by atoms with Crippen LogP contribution in [-0.4, -0.2) is 19.7 Å². The summed E-state index contributed by atoms with van der Waals surface area (Å²) in [6, 6.07) is 5.79. The molecule has 0 aliphatic heterocycles. The monoisotopic (exact) mass is 183 g/mol. The molecule has 70 valence electrons. The van der Waals surface area contributed by atoms with E-state index in [2.05, 4.69) is 10.1 Å². The third-order valence-electron chi connectivity index (χ3n) is 1.50. The molecule has 1 aromatic carbocycles. The minimum atomic E-state index is -0.531. The standard InChI is InChI=1S/C9H10FNO2/c1-13-6-11-9(12)7-4-2-3-5-8(7)10/h2-5H,6H2,1H3,(H,11,12). The van der Waals surface area contributed by atoms with Crippen LogP contribution < -0.4 is 5.32 Å². The number of hydrogen-bond acceptors (Lipinski definition) is 2. The topological polar surface area (TPSA) is 38.3 Å². The van der Waals surface area contributed by atoms with E-state index in [1.54, 1.807) is 6.07 Å². The average molecular weight is 183 g/mol. The van der Waals surface area contributed by atoms with Crippen molar-refractivity contribution in [3.63, 3.8) is 0 Å². The van der Waals surface area contributed by atoms with E-state index in [1.807, 2.05) is 0 Å². The molecule has 0 saturated carbocycles. The fourth-order valence-electron chi connectivity index (χ4n) is 0.878. The van der Waals surface area contributed by atoms with Crippen LogP contribution in [0, 0.1) is 5.82 Å². The van der Waals surface area contributed by atoms with Gasteiger partial charge in [-0.3, -0.25) is 4.79 Å². The zero-order valence-electron chi connectivity index (χ0n) is 7.21. The van der Waals surface area contributed by atoms with E-state index < -0.39 is 11.7 Å². The van der Waals surface area contributed by atoms with Crippen LogP contribution in [0.3, 0.4) is 0 Å². The number of nitrogens with one attached hydrogen (secondary N) is 1. The number of halogens is 1. The summed E-state index contributed by atoms with van der Waals surface area (Å²) in [6.45, 7) is 0.0766. The van der Waals surface area contributed by atoms with Gasteiger partial charge in [0.1, 0.15) is 12.5 Å². The van der Waals surface area contributed by atoms with E-state index >= 15 is 0 Å². The van der Waals surface area contributed by atoms with Gasteiger partial charge in [0.15, 0.2) is 0 Å². The van der Waals surface area contributed by atoms with Gasteiger partial charge in [0, 0.05) is 7.11 Å². The quantitative estimate of drug-likeness (QED) is 0.714. The van der Waals surface area contributed by atoms with Crippen molar-refractivity contribution in [1.82, 2.24) is 5.32 Å². The SMILES string of the molecule is COCNC(=O)c1ccccc1F. The molecule has 1 N–H and O–H groups in total. The fourth-order valence-corrected chi connectivity index (χ4v) is 0.878. The normalized spacial score (nSPS) is 9.69. The first-order valence-corrected chi connectivity index (χ1v) is 3.77. The number of carbonyl (C=O) groups excluding carboxylic acids is 1. The van der Waals surface area contributed by atoms with Gasteiger partial charge in [0.25, 0.3) is 5.91 Å². The molecule has 0 unspecified atom stereocenters. The molecule has 0 aliphatic carbocycles. The lowest BCUT2D eigenvalue weighted by molar-refractivity contribution is 0.0868. The Labute approximate surface area is 75.5 Å². The van der Waals surface area contributed by atoms with Gasteiger partial charge in [-0.25, -0.2) is 4.39 Å². The largest absolute Gasteiger partial charge is 0.364 e. The van der Waals surface area contributed by atoms with Gasteiger partial charge in [0.2, 0.25) is 0 Å². The second-order valence-electron chi connectivity index (χ2n) is 2.42. The molecule has 0 fully saturated rings. The van der Waals surface area contributed by atoms with Crippen molar-refractivity contribution in [2.45, 2.75) is 0 Å². The third kappa shape index (κ3) is 2.52. The van der Waals surface area contributed by atoms with Gasteiger partial charge in [-0.2, -0.15) is 0 Å². The van der Waals surface area contributed by atoms with Crippen molar-refractivity contribution < 1.29 is 13.9 Å². The Morgan fingerprint density at radius 2 is 2.23 bits per heavy atom. The zero-order valence-corrected chi connectivity index (χ0v) is 7.21. The number of hydrogen-bond donors (Lipinski definition) is 1. The highest BCUT2D eigenvalue weighted by Crippen LogP contribution is 2.05. The van der Waals surface area contributed by atoms with E-state index in [4.69, 9.17) is 0 Å². The van der Waals surface area contributed by atoms with Gasteiger partial charge in [-0.1, -0.05) is 12.1 Å². The van der Waals surface area contributed by atoms with Crippen LogP contribution in [0.4, 0.5) is 4.39 Å². The molecule has 1 aromatic rings. The number of rotatable bonds is 3. The molecule has 0 atom stereocenters. The molecule has 0 spiro atoms. The summed E-state index contributed by atoms with van der Waals surface area (Å²) < 4.78 is 17.6. The highest BCUT2D eigenvalue weighted by molar-refractivity contribution is 5.94. The van der Waals surface area contributed by atoms with Gasteiger partial charge in [0.05, 0.1) is 5.56 Å². The lowest BCUT2D eigenvalue weighted by Crippen LogP contribution is -2.26. The predicted octanol–water partition coefficient (Wildman–Crippen LogP) is 1.16. The predicted molar refractivity (Wildman–Crippen MR) is 45.7 cm³/mol. The molecular formula is C9H10FNO2. The van der Waals surface area contributed by atoms with Crippen LogP contribution in [-0.2, 0) is 4.74 Å². The van der Waals surface area contributed by atoms with Crippen molar-refractivity contribution in [2.75, 3.05) is 13.8 Å². The van der Waals surface area contributed by atoms with E-state index in [0.717, 1.165) is 0 Å². The van der Waals surface area contributed by atoms with E-state index in [-0.39, 0.29) is 12.3 Å². The highest BCUT2D eigenvalue weighted by atomic mass is 19.1. The number of ether oxygens (including phenoxy) is 1. The first-order chi connectivity index (χ1) is 6.25. The van der Waals surface area contributed by atoms with Crippen molar-refractivity contribution in [3.05, 3.63) is 35.6 Å². The second-order valence-corrected chi connectivity index (χ2v) is 2.42. The second kappa shape index (κ2) is 4.57. The van der Waals surface area contributed by atoms with Crippen molar-refractivity contribution in [3.8, 4) is 0 Å². The molecule has 1 rings (SSSR count). The Balaban J connectivity index is 2.71. The minimum Gasteiger partial charge on any atom is -0.364 e. The summed E-state index contributed by atoms with van der Waals surface area (Å²) in [7, 11) is 1.45. The molecule has 0 heterocycles. The highest BCUT2D eigenvalue weighted by Gasteiger charge is 2.08. The maximum absolute atomic E-state index is 13.0. The summed E-state index contributed by atoms with van der Waals surface area (Å²) in [4.78, 5) is 11.2. The average Bonchev–Trinajstić information content (AvgIpc) is 2.15. The Morgan fingerprint density at radius 1 is 1.54 bits per heavy atom. The zero-order chi connectivity index (χ0) is 9.68. The lowest BCUT2D eigenvalue weighted by atomic mass is 10.2. The number of benzene rings is 1. The third-order valence-corrected chi connectivity index (χ3v) is 1.50. The first kappa shape index (κ1) is 9.67. The van der Waals surface area contributed by atoms with E-state index in [1.165, 1.54) is 25.3 Å². The fraction of sp³-hybridized carbons (Fsp3) is 0.222. The molecular weight excluding hydrogens is 173 g/mol. The molecule has 13 heavy (non-hydrogen) atoms. The molecule has 4 heteroatoms. The molecule has 3 nitrogen and oxygen atoms in total. The molecule has 0 saturated heterocycles. The van der Waals surface area contributed by atoms with Gasteiger partial charge >= 0.3 is 0 Å². The van der Waals surface area contributed by atoms with Gasteiger partial charge in [-0.05, 0) is 12.1 Å². The Kier molecular flexibility index (Phi) is 3.40. The van der Waals surface area contributed by atoms with Crippen LogP contribution in [0.5, 0.6) is 0 Å². The van der Waals surface area contributed by atoms with Crippen LogP contribution >= 0.6 is 0 Å². The number of amides is 1. The van der Waals surface area contributed by atoms with Crippen LogP contribution in [0.1, 0.15) is 10.4 Å². The lowest BCUT2D eigenvalue weighted by Gasteiger charge is -2.03. The Bertz CT molecular complexity index is 301. The number of carbonyl (C=O) groups is 1. The molecule has 1 amide bonds. The molecule has 0 aromatic heterocycles. The summed E-state index contributed by atoms with van der Waals surface area (Å²) in [5.41, 5.74) is 0.0274. The molecule has 0 bridgehead atoms. The first-order valence-electron chi connectivity index (χ1n) is 3.77. The van der Waals surface area contributed by atoms with Crippen molar-refractivity contribution in [1.29, 1.82) is 0 Å². The summed E-state index contributed by atoms with van der Waals surface area (Å²) >= 11 is 0. The van der Waals surface area contributed by atoms with E-state index in [9.17, 15) is 9.18 Å². The van der Waals surface area contributed by atoms with Crippen LogP contribution in [0.2, 0.25) is 0 Å². The van der Waals surface area contributed by atoms with E-state index in [0.29, 0.717) is 0 Å². The summed E-state index contributed by atoms with van der Waals surface area (Å²) in [6.07, 6.45) is 0. The smallest absolute Gasteiger partial charge is 0.256 e. The molecule has 0 radical (unpaired) electrons. The van der Waals surface area contributed by atoms with Gasteiger partial charge in [-0.15, -0.1) is 0 Å².